The molecule has 1 N–H and O–H groups in total. The Morgan fingerprint density at radius 1 is 0.731 bits per heavy atom. The van der Waals surface area contributed by atoms with E-state index in [9.17, 15) is 19.2 Å². The number of hydrogen-bond acceptors (Lipinski definition) is 7. The van der Waals surface area contributed by atoms with Crippen molar-refractivity contribution in [2.24, 2.45) is 0 Å². The average molecular weight is 373 g/mol. The van der Waals surface area contributed by atoms with E-state index in [4.69, 9.17) is 0 Å². The highest BCUT2D eigenvalue weighted by molar-refractivity contribution is 5.77. The van der Waals surface area contributed by atoms with Crippen LogP contribution < -0.4 is 5.32 Å². The summed E-state index contributed by atoms with van der Waals surface area (Å²) >= 11 is 0. The van der Waals surface area contributed by atoms with E-state index < -0.39 is 23.4 Å². The van der Waals surface area contributed by atoms with Crippen LogP contribution in [-0.4, -0.2) is 50.7 Å². The Morgan fingerprint density at radius 2 is 1.12 bits per heavy atom. The second-order valence-corrected chi connectivity index (χ2v) is 6.16. The van der Waals surface area contributed by atoms with Gasteiger partial charge in [0.1, 0.15) is 0 Å². The lowest BCUT2D eigenvalue weighted by molar-refractivity contribution is -0.142. The third kappa shape index (κ3) is 10.0. The number of methoxy groups -OCH3 is 3. The lowest BCUT2D eigenvalue weighted by Crippen LogP contribution is -2.49. The molecule has 8 heteroatoms. The Labute approximate surface area is 154 Å². The van der Waals surface area contributed by atoms with Crippen LogP contribution in [0.1, 0.15) is 64.7 Å². The van der Waals surface area contributed by atoms with Gasteiger partial charge in [-0.2, -0.15) is 0 Å². The molecule has 0 atom stereocenters. The monoisotopic (exact) mass is 373 g/mol. The lowest BCUT2D eigenvalue weighted by Gasteiger charge is -2.34. The summed E-state index contributed by atoms with van der Waals surface area (Å²) in [5, 5.41) is 2.94. The molecule has 0 radical (unpaired) electrons. The summed E-state index contributed by atoms with van der Waals surface area (Å²) in [6.45, 7) is 1.98. The van der Waals surface area contributed by atoms with Crippen LogP contribution in [0.3, 0.4) is 0 Å². The van der Waals surface area contributed by atoms with Crippen LogP contribution in [0, 0.1) is 0 Å². The molecule has 0 aromatic carbocycles. The molecular weight excluding hydrogens is 342 g/mol. The molecule has 0 spiro atoms. The van der Waals surface area contributed by atoms with E-state index in [1.165, 1.54) is 21.3 Å². The van der Waals surface area contributed by atoms with Gasteiger partial charge in [-0.1, -0.05) is 13.3 Å². The number of rotatable bonds is 13. The number of hydrogen-bond donors (Lipinski definition) is 1. The first-order chi connectivity index (χ1) is 12.3. The Kier molecular flexibility index (Phi) is 12.1. The van der Waals surface area contributed by atoms with E-state index in [-0.39, 0.29) is 44.4 Å². The summed E-state index contributed by atoms with van der Waals surface area (Å²) in [7, 11) is 3.85. The second kappa shape index (κ2) is 13.1. The standard InChI is InChI=1S/C18H31NO7/c1-5-6-7-14(20)19-18(11-8-15(21)24-2,12-9-16(22)25-3)13-10-17(23)26-4/h5-13H2,1-4H3,(H,19,20). The first kappa shape index (κ1) is 23.9. The fraction of sp³-hybridized carbons (Fsp3) is 0.778. The molecule has 150 valence electrons. The summed E-state index contributed by atoms with van der Waals surface area (Å²) in [6, 6.07) is 0. The van der Waals surface area contributed by atoms with E-state index in [2.05, 4.69) is 19.5 Å². The Bertz CT molecular complexity index is 426. The normalized spacial score (nSPS) is 10.8. The van der Waals surface area contributed by atoms with Gasteiger partial charge in [0.05, 0.1) is 21.3 Å². The van der Waals surface area contributed by atoms with Gasteiger partial charge in [0.15, 0.2) is 0 Å². The molecule has 0 aliphatic heterocycles. The van der Waals surface area contributed by atoms with Crippen LogP contribution in [0.15, 0.2) is 0 Å². The van der Waals surface area contributed by atoms with Gasteiger partial charge >= 0.3 is 17.9 Å². The Morgan fingerprint density at radius 3 is 1.42 bits per heavy atom. The first-order valence-corrected chi connectivity index (χ1v) is 8.84. The van der Waals surface area contributed by atoms with Crippen molar-refractivity contribution < 1.29 is 33.4 Å². The Hall–Kier alpha value is -2.12. The van der Waals surface area contributed by atoms with E-state index in [1.807, 2.05) is 6.92 Å². The molecule has 0 aliphatic carbocycles. The van der Waals surface area contributed by atoms with Crippen molar-refractivity contribution in [3.05, 3.63) is 0 Å². The zero-order valence-corrected chi connectivity index (χ0v) is 16.2. The van der Waals surface area contributed by atoms with Crippen LogP contribution in [0.2, 0.25) is 0 Å². The van der Waals surface area contributed by atoms with Crippen molar-refractivity contribution in [2.45, 2.75) is 70.3 Å². The molecule has 0 saturated heterocycles. The highest BCUT2D eigenvalue weighted by atomic mass is 16.5. The third-order valence-corrected chi connectivity index (χ3v) is 4.27. The largest absolute Gasteiger partial charge is 0.469 e. The van der Waals surface area contributed by atoms with Gasteiger partial charge < -0.3 is 19.5 Å². The summed E-state index contributed by atoms with van der Waals surface area (Å²) in [5.74, 6) is -1.44. The molecule has 0 aromatic rings. The van der Waals surface area contributed by atoms with E-state index >= 15 is 0 Å². The van der Waals surface area contributed by atoms with Crippen LogP contribution in [0.4, 0.5) is 0 Å². The van der Waals surface area contributed by atoms with Gasteiger partial charge in [-0.15, -0.1) is 0 Å². The van der Waals surface area contributed by atoms with Crippen molar-refractivity contribution in [1.29, 1.82) is 0 Å². The first-order valence-electron chi connectivity index (χ1n) is 8.84. The summed E-state index contributed by atoms with van der Waals surface area (Å²) in [4.78, 5) is 47.1. The van der Waals surface area contributed by atoms with Gasteiger partial charge in [0.2, 0.25) is 5.91 Å². The van der Waals surface area contributed by atoms with Gasteiger partial charge in [-0.25, -0.2) is 0 Å². The molecule has 0 aliphatic rings. The maximum atomic E-state index is 12.3. The fourth-order valence-electron chi connectivity index (χ4n) is 2.59. The van der Waals surface area contributed by atoms with E-state index in [0.717, 1.165) is 12.8 Å². The molecule has 0 aromatic heterocycles. The number of ether oxygens (including phenoxy) is 3. The smallest absolute Gasteiger partial charge is 0.305 e. The molecule has 0 heterocycles. The van der Waals surface area contributed by atoms with Crippen LogP contribution in [0.5, 0.6) is 0 Å². The summed E-state index contributed by atoms with van der Waals surface area (Å²) in [6.07, 6.45) is 2.89. The average Bonchev–Trinajstić information content (AvgIpc) is 2.66. The van der Waals surface area contributed by atoms with Crippen LogP contribution in [0.25, 0.3) is 0 Å². The Balaban J connectivity index is 5.32. The van der Waals surface area contributed by atoms with Crippen molar-refractivity contribution in [3.63, 3.8) is 0 Å². The molecule has 8 nitrogen and oxygen atoms in total. The SMILES string of the molecule is CCCCC(=O)NC(CCC(=O)OC)(CCC(=O)OC)CCC(=O)OC. The number of esters is 3. The second-order valence-electron chi connectivity index (χ2n) is 6.16. The summed E-state index contributed by atoms with van der Waals surface area (Å²) in [5.41, 5.74) is -0.888. The lowest BCUT2D eigenvalue weighted by atomic mass is 9.83. The zero-order chi connectivity index (χ0) is 20.0. The number of carbonyl (C=O) groups is 4. The molecule has 0 unspecified atom stereocenters. The fourth-order valence-corrected chi connectivity index (χ4v) is 2.59. The molecule has 0 saturated carbocycles. The number of nitrogens with one attached hydrogen (secondary N) is 1. The molecule has 0 fully saturated rings. The minimum absolute atomic E-state index is 0.0624. The van der Waals surface area contributed by atoms with Crippen molar-refractivity contribution in [1.82, 2.24) is 5.32 Å². The van der Waals surface area contributed by atoms with E-state index in [1.54, 1.807) is 0 Å². The van der Waals surface area contributed by atoms with Crippen LogP contribution >= 0.6 is 0 Å². The van der Waals surface area contributed by atoms with Crippen molar-refractivity contribution in [3.8, 4) is 0 Å². The minimum Gasteiger partial charge on any atom is -0.469 e. The predicted octanol–water partition coefficient (Wildman–Crippen LogP) is 1.89. The zero-order valence-electron chi connectivity index (χ0n) is 16.2. The maximum Gasteiger partial charge on any atom is 0.305 e. The van der Waals surface area contributed by atoms with Crippen LogP contribution in [-0.2, 0) is 33.4 Å². The molecule has 1 amide bonds. The number of amides is 1. The molecule has 0 rings (SSSR count). The van der Waals surface area contributed by atoms with Gasteiger partial charge in [-0.3, -0.25) is 19.2 Å². The molecule has 0 bridgehead atoms. The third-order valence-electron chi connectivity index (χ3n) is 4.27. The van der Waals surface area contributed by atoms with Crippen molar-refractivity contribution in [2.75, 3.05) is 21.3 Å². The van der Waals surface area contributed by atoms with Gasteiger partial charge in [-0.05, 0) is 25.7 Å². The quantitative estimate of drug-likeness (QED) is 0.388. The molecule has 26 heavy (non-hydrogen) atoms. The highest BCUT2D eigenvalue weighted by Gasteiger charge is 2.33. The topological polar surface area (TPSA) is 108 Å². The number of carbonyl (C=O) groups excluding carboxylic acids is 4. The number of unbranched alkanes of at least 4 members (excludes halogenated alkanes) is 1. The van der Waals surface area contributed by atoms with Crippen molar-refractivity contribution >= 4 is 23.8 Å². The minimum atomic E-state index is -0.888. The molecular formula is C18H31NO7. The van der Waals surface area contributed by atoms with Gasteiger partial charge in [0.25, 0.3) is 0 Å². The van der Waals surface area contributed by atoms with E-state index in [0.29, 0.717) is 6.42 Å². The highest BCUT2D eigenvalue weighted by Crippen LogP contribution is 2.27. The maximum absolute atomic E-state index is 12.3. The van der Waals surface area contributed by atoms with Gasteiger partial charge in [0, 0.05) is 31.2 Å². The predicted molar refractivity (Wildman–Crippen MR) is 94.1 cm³/mol. The summed E-state index contributed by atoms with van der Waals surface area (Å²) < 4.78 is 14.0.